The molecule has 1 aromatic heterocycles. The monoisotopic (exact) mass is 325 g/mol. The van der Waals surface area contributed by atoms with Crippen LogP contribution in [0.1, 0.15) is 12.8 Å². The van der Waals surface area contributed by atoms with E-state index < -0.39 is 4.92 Å². The third kappa shape index (κ3) is 2.98. The van der Waals surface area contributed by atoms with Gasteiger partial charge >= 0.3 is 0 Å². The topological polar surface area (TPSA) is 78.0 Å². The Kier molecular flexibility index (Phi) is 4.26. The van der Waals surface area contributed by atoms with Gasteiger partial charge in [-0.2, -0.15) is 0 Å². The summed E-state index contributed by atoms with van der Waals surface area (Å²) in [4.78, 5) is 26.5. The number of unbranched alkanes of at least 4 members (excludes halogenated alkanes) is 1. The largest absolute Gasteiger partial charge is 0.299 e. The van der Waals surface area contributed by atoms with E-state index in [0.29, 0.717) is 12.1 Å². The minimum absolute atomic E-state index is 0.0930. The number of nitro groups is 1. The van der Waals surface area contributed by atoms with Crippen molar-refractivity contribution >= 4 is 32.5 Å². The standard InChI is InChI=1S/C12H12BrN3O3/c13-5-1-2-6-15-8-14-11-4-3-9(16(18)19)7-10(11)12(15)17/h3-4,7-8H,1-2,5-6H2. The molecule has 0 bridgehead atoms. The predicted molar refractivity (Wildman–Crippen MR) is 75.7 cm³/mol. The van der Waals surface area contributed by atoms with E-state index in [2.05, 4.69) is 20.9 Å². The average Bonchev–Trinajstić information content (AvgIpc) is 2.41. The lowest BCUT2D eigenvalue weighted by Gasteiger charge is -2.05. The van der Waals surface area contributed by atoms with Crippen molar-refractivity contribution < 1.29 is 4.92 Å². The number of hydrogen-bond donors (Lipinski definition) is 0. The number of non-ortho nitro benzene ring substituents is 1. The number of rotatable bonds is 5. The number of aromatic nitrogens is 2. The van der Waals surface area contributed by atoms with E-state index in [9.17, 15) is 14.9 Å². The van der Waals surface area contributed by atoms with E-state index in [4.69, 9.17) is 0 Å². The van der Waals surface area contributed by atoms with E-state index in [-0.39, 0.29) is 16.6 Å². The van der Waals surface area contributed by atoms with Crippen molar-refractivity contribution in [3.05, 3.63) is 45.0 Å². The zero-order chi connectivity index (χ0) is 13.8. The van der Waals surface area contributed by atoms with Gasteiger partial charge in [-0.15, -0.1) is 0 Å². The van der Waals surface area contributed by atoms with Crippen LogP contribution in [0, 0.1) is 10.1 Å². The SMILES string of the molecule is O=c1c2cc([N+](=O)[O-])ccc2ncn1CCCCBr. The molecule has 0 atom stereocenters. The maximum absolute atomic E-state index is 12.2. The summed E-state index contributed by atoms with van der Waals surface area (Å²) in [5.41, 5.74) is 0.153. The first-order chi connectivity index (χ1) is 9.13. The van der Waals surface area contributed by atoms with E-state index >= 15 is 0 Å². The fourth-order valence-corrected chi connectivity index (χ4v) is 2.19. The number of benzene rings is 1. The molecule has 2 rings (SSSR count). The summed E-state index contributed by atoms with van der Waals surface area (Å²) in [5, 5.41) is 11.9. The zero-order valence-corrected chi connectivity index (χ0v) is 11.7. The van der Waals surface area contributed by atoms with Crippen LogP contribution in [0.3, 0.4) is 0 Å². The van der Waals surface area contributed by atoms with Crippen LogP contribution in [0.2, 0.25) is 0 Å². The Morgan fingerprint density at radius 3 is 2.84 bits per heavy atom. The summed E-state index contributed by atoms with van der Waals surface area (Å²) in [5.74, 6) is 0. The summed E-state index contributed by atoms with van der Waals surface area (Å²) in [6, 6.07) is 4.13. The van der Waals surface area contributed by atoms with Crippen LogP contribution in [0.4, 0.5) is 5.69 Å². The molecule has 0 aliphatic rings. The Morgan fingerprint density at radius 2 is 2.16 bits per heavy atom. The van der Waals surface area contributed by atoms with Crippen LogP contribution < -0.4 is 5.56 Å². The van der Waals surface area contributed by atoms with Crippen LogP contribution in [0.15, 0.2) is 29.3 Å². The van der Waals surface area contributed by atoms with E-state index in [1.807, 2.05) is 0 Å². The van der Waals surface area contributed by atoms with Crippen LogP contribution in [-0.4, -0.2) is 19.8 Å². The molecule has 0 unspecified atom stereocenters. The van der Waals surface area contributed by atoms with Crippen molar-refractivity contribution in [3.63, 3.8) is 0 Å². The number of aryl methyl sites for hydroxylation is 1. The number of nitrogens with zero attached hydrogens (tertiary/aromatic N) is 3. The molecule has 100 valence electrons. The van der Waals surface area contributed by atoms with Crippen molar-refractivity contribution in [1.82, 2.24) is 9.55 Å². The first-order valence-electron chi connectivity index (χ1n) is 5.83. The molecule has 0 amide bonds. The molecule has 7 heteroatoms. The average molecular weight is 326 g/mol. The summed E-state index contributed by atoms with van der Waals surface area (Å²) < 4.78 is 1.49. The number of fused-ring (bicyclic) bond motifs is 1. The summed E-state index contributed by atoms with van der Waals surface area (Å²) in [6.07, 6.45) is 3.30. The maximum atomic E-state index is 12.2. The van der Waals surface area contributed by atoms with Gasteiger partial charge in [0.25, 0.3) is 11.2 Å². The molecule has 0 aliphatic carbocycles. The summed E-state index contributed by atoms with van der Waals surface area (Å²) >= 11 is 3.33. The van der Waals surface area contributed by atoms with Crippen molar-refractivity contribution in [1.29, 1.82) is 0 Å². The number of halogens is 1. The molecular formula is C12H12BrN3O3. The number of nitro benzene ring substituents is 1. The molecule has 0 saturated carbocycles. The van der Waals surface area contributed by atoms with Crippen molar-refractivity contribution in [2.45, 2.75) is 19.4 Å². The Hall–Kier alpha value is -1.76. The minimum atomic E-state index is -0.513. The van der Waals surface area contributed by atoms with E-state index in [1.165, 1.54) is 29.1 Å². The van der Waals surface area contributed by atoms with Gasteiger partial charge in [-0.3, -0.25) is 19.5 Å². The molecule has 0 fully saturated rings. The fourth-order valence-electron chi connectivity index (χ4n) is 1.80. The summed E-state index contributed by atoms with van der Waals surface area (Å²) in [7, 11) is 0. The molecule has 0 N–H and O–H groups in total. The molecule has 1 heterocycles. The van der Waals surface area contributed by atoms with Crippen molar-refractivity contribution in [2.24, 2.45) is 0 Å². The molecule has 0 aliphatic heterocycles. The highest BCUT2D eigenvalue weighted by molar-refractivity contribution is 9.09. The van der Waals surface area contributed by atoms with Gasteiger partial charge < -0.3 is 0 Å². The first kappa shape index (κ1) is 13.7. The zero-order valence-electron chi connectivity index (χ0n) is 10.1. The lowest BCUT2D eigenvalue weighted by atomic mass is 10.2. The molecule has 0 radical (unpaired) electrons. The molecular weight excluding hydrogens is 314 g/mol. The van der Waals surface area contributed by atoms with Gasteiger partial charge in [-0.1, -0.05) is 15.9 Å². The van der Waals surface area contributed by atoms with Gasteiger partial charge in [0.05, 0.1) is 22.2 Å². The van der Waals surface area contributed by atoms with Crippen LogP contribution in [-0.2, 0) is 6.54 Å². The Balaban J connectivity index is 2.44. The molecule has 1 aromatic carbocycles. The smallest absolute Gasteiger partial charge is 0.270 e. The molecule has 2 aromatic rings. The van der Waals surface area contributed by atoms with Gasteiger partial charge in [0, 0.05) is 24.0 Å². The molecule has 6 nitrogen and oxygen atoms in total. The van der Waals surface area contributed by atoms with Gasteiger partial charge in [-0.05, 0) is 18.9 Å². The van der Waals surface area contributed by atoms with Gasteiger partial charge in [0.15, 0.2) is 0 Å². The number of alkyl halides is 1. The van der Waals surface area contributed by atoms with Crippen molar-refractivity contribution in [3.8, 4) is 0 Å². The Bertz CT molecular complexity index is 669. The van der Waals surface area contributed by atoms with Gasteiger partial charge in [-0.25, -0.2) is 4.98 Å². The maximum Gasteiger partial charge on any atom is 0.270 e. The highest BCUT2D eigenvalue weighted by Gasteiger charge is 2.10. The third-order valence-corrected chi connectivity index (χ3v) is 3.36. The summed E-state index contributed by atoms with van der Waals surface area (Å²) in [6.45, 7) is 0.566. The lowest BCUT2D eigenvalue weighted by molar-refractivity contribution is -0.384. The third-order valence-electron chi connectivity index (χ3n) is 2.80. The first-order valence-corrected chi connectivity index (χ1v) is 6.95. The Labute approximate surface area is 117 Å². The fraction of sp³-hybridized carbons (Fsp3) is 0.333. The highest BCUT2D eigenvalue weighted by atomic mass is 79.9. The minimum Gasteiger partial charge on any atom is -0.299 e. The molecule has 19 heavy (non-hydrogen) atoms. The second-order valence-electron chi connectivity index (χ2n) is 4.10. The lowest BCUT2D eigenvalue weighted by Crippen LogP contribution is -2.20. The predicted octanol–water partition coefficient (Wildman–Crippen LogP) is 2.48. The van der Waals surface area contributed by atoms with Crippen LogP contribution >= 0.6 is 15.9 Å². The van der Waals surface area contributed by atoms with Crippen LogP contribution in [0.25, 0.3) is 10.9 Å². The molecule has 0 spiro atoms. The van der Waals surface area contributed by atoms with E-state index in [1.54, 1.807) is 0 Å². The van der Waals surface area contributed by atoms with Gasteiger partial charge in [0.1, 0.15) is 0 Å². The Morgan fingerprint density at radius 1 is 1.37 bits per heavy atom. The quantitative estimate of drug-likeness (QED) is 0.366. The van der Waals surface area contributed by atoms with Crippen molar-refractivity contribution in [2.75, 3.05) is 5.33 Å². The normalized spacial score (nSPS) is 10.8. The second-order valence-corrected chi connectivity index (χ2v) is 4.89. The second kappa shape index (κ2) is 5.92. The van der Waals surface area contributed by atoms with E-state index in [0.717, 1.165) is 18.2 Å². The van der Waals surface area contributed by atoms with Gasteiger partial charge in [0.2, 0.25) is 0 Å². The molecule has 0 saturated heterocycles. The van der Waals surface area contributed by atoms with Crippen LogP contribution in [0.5, 0.6) is 0 Å². The number of hydrogen-bond acceptors (Lipinski definition) is 4. The highest BCUT2D eigenvalue weighted by Crippen LogP contribution is 2.16.